The summed E-state index contributed by atoms with van der Waals surface area (Å²) in [4.78, 5) is 14.2. The zero-order chi connectivity index (χ0) is 14.7. The van der Waals surface area contributed by atoms with Gasteiger partial charge in [0.1, 0.15) is 5.75 Å². The molecule has 2 rings (SSSR count). The van der Waals surface area contributed by atoms with Gasteiger partial charge < -0.3 is 15.0 Å². The van der Waals surface area contributed by atoms with Crippen molar-refractivity contribution < 1.29 is 9.53 Å². The van der Waals surface area contributed by atoms with E-state index in [0.29, 0.717) is 22.4 Å². The first-order valence-electron chi connectivity index (χ1n) is 6.92. The molecule has 20 heavy (non-hydrogen) atoms. The molecule has 1 fully saturated rings. The minimum absolute atomic E-state index is 0.0869. The van der Waals surface area contributed by atoms with Crippen LogP contribution in [0.2, 0.25) is 5.02 Å². The summed E-state index contributed by atoms with van der Waals surface area (Å²) < 4.78 is 5.09. The molecule has 0 aromatic heterocycles. The molecule has 110 valence electrons. The number of ether oxygens (including phenoxy) is 1. The average Bonchev–Trinajstić information content (AvgIpc) is 2.43. The van der Waals surface area contributed by atoms with Crippen molar-refractivity contribution in [1.29, 1.82) is 0 Å². The standard InChI is InChI=1S/C15H21ClN2O2/c1-10-4-5-11(2)18(9-10)15(19)17-14-7-6-12(20-3)8-13(14)16/h6-8,10-11H,4-5,9H2,1-3H3,(H,17,19). The van der Waals surface area contributed by atoms with Gasteiger partial charge in [0, 0.05) is 18.7 Å². The molecule has 1 aliphatic heterocycles. The number of amides is 2. The van der Waals surface area contributed by atoms with Crippen LogP contribution in [0, 0.1) is 5.92 Å². The van der Waals surface area contributed by atoms with Crippen molar-refractivity contribution in [1.82, 2.24) is 4.90 Å². The predicted molar refractivity (Wildman–Crippen MR) is 81.6 cm³/mol. The van der Waals surface area contributed by atoms with Gasteiger partial charge in [0.05, 0.1) is 17.8 Å². The highest BCUT2D eigenvalue weighted by molar-refractivity contribution is 6.33. The lowest BCUT2D eigenvalue weighted by Crippen LogP contribution is -2.46. The number of methoxy groups -OCH3 is 1. The fraction of sp³-hybridized carbons (Fsp3) is 0.533. The summed E-state index contributed by atoms with van der Waals surface area (Å²) in [6.45, 7) is 5.05. The summed E-state index contributed by atoms with van der Waals surface area (Å²) in [6, 6.07) is 5.42. The van der Waals surface area contributed by atoms with E-state index in [1.54, 1.807) is 25.3 Å². The van der Waals surface area contributed by atoms with Crippen molar-refractivity contribution in [2.24, 2.45) is 5.92 Å². The first-order chi connectivity index (χ1) is 9.51. The minimum atomic E-state index is -0.0869. The van der Waals surface area contributed by atoms with Gasteiger partial charge in [-0.15, -0.1) is 0 Å². The van der Waals surface area contributed by atoms with Crippen LogP contribution in [-0.4, -0.2) is 30.6 Å². The van der Waals surface area contributed by atoms with E-state index in [0.717, 1.165) is 13.0 Å². The van der Waals surface area contributed by atoms with Crippen LogP contribution in [0.25, 0.3) is 0 Å². The number of anilines is 1. The molecule has 1 aromatic rings. The molecule has 1 saturated heterocycles. The summed E-state index contributed by atoms with van der Waals surface area (Å²) in [5.41, 5.74) is 0.614. The van der Waals surface area contributed by atoms with Gasteiger partial charge in [0.25, 0.3) is 0 Å². The Balaban J connectivity index is 2.07. The van der Waals surface area contributed by atoms with Gasteiger partial charge in [-0.3, -0.25) is 0 Å². The number of hydrogen-bond acceptors (Lipinski definition) is 2. The van der Waals surface area contributed by atoms with Crippen molar-refractivity contribution in [2.75, 3.05) is 19.0 Å². The van der Waals surface area contributed by atoms with E-state index in [1.807, 2.05) is 4.90 Å². The molecular formula is C15H21ClN2O2. The van der Waals surface area contributed by atoms with Gasteiger partial charge in [-0.05, 0) is 37.8 Å². The van der Waals surface area contributed by atoms with Crippen LogP contribution < -0.4 is 10.1 Å². The molecule has 0 aliphatic carbocycles. The molecule has 0 spiro atoms. The average molecular weight is 297 g/mol. The van der Waals surface area contributed by atoms with Gasteiger partial charge in [0.15, 0.2) is 0 Å². The molecule has 0 saturated carbocycles. The van der Waals surface area contributed by atoms with Gasteiger partial charge >= 0.3 is 6.03 Å². The molecule has 2 unspecified atom stereocenters. The highest BCUT2D eigenvalue weighted by atomic mass is 35.5. The van der Waals surface area contributed by atoms with Crippen LogP contribution in [0.5, 0.6) is 5.75 Å². The maximum atomic E-state index is 12.4. The molecule has 1 N–H and O–H groups in total. The van der Waals surface area contributed by atoms with Gasteiger partial charge in [-0.2, -0.15) is 0 Å². The number of likely N-dealkylation sites (tertiary alicyclic amines) is 1. The highest BCUT2D eigenvalue weighted by Crippen LogP contribution is 2.28. The van der Waals surface area contributed by atoms with Crippen molar-refractivity contribution in [3.05, 3.63) is 23.2 Å². The Morgan fingerprint density at radius 2 is 2.15 bits per heavy atom. The highest BCUT2D eigenvalue weighted by Gasteiger charge is 2.27. The molecule has 2 amide bonds. The predicted octanol–water partition coefficient (Wildman–Crippen LogP) is 4.00. The number of urea groups is 1. The van der Waals surface area contributed by atoms with E-state index < -0.39 is 0 Å². The molecule has 1 heterocycles. The Hall–Kier alpha value is -1.42. The van der Waals surface area contributed by atoms with E-state index in [9.17, 15) is 4.79 Å². The summed E-state index contributed by atoms with van der Waals surface area (Å²) in [6.07, 6.45) is 2.22. The SMILES string of the molecule is COc1ccc(NC(=O)N2CC(C)CCC2C)c(Cl)c1. The summed E-state index contributed by atoms with van der Waals surface area (Å²) >= 11 is 6.14. The number of nitrogens with zero attached hydrogens (tertiary/aromatic N) is 1. The Morgan fingerprint density at radius 3 is 2.80 bits per heavy atom. The third-order valence-corrected chi connectivity index (χ3v) is 4.11. The van der Waals surface area contributed by atoms with Crippen LogP contribution in [-0.2, 0) is 0 Å². The largest absolute Gasteiger partial charge is 0.497 e. The molecule has 1 aromatic carbocycles. The van der Waals surface area contributed by atoms with Crippen molar-refractivity contribution in [2.45, 2.75) is 32.7 Å². The summed E-state index contributed by atoms with van der Waals surface area (Å²) in [5, 5.41) is 3.36. The second-order valence-corrected chi connectivity index (χ2v) is 5.87. The van der Waals surface area contributed by atoms with Gasteiger partial charge in [-0.1, -0.05) is 18.5 Å². The van der Waals surface area contributed by atoms with Gasteiger partial charge in [-0.25, -0.2) is 4.79 Å². The number of rotatable bonds is 2. The lowest BCUT2D eigenvalue weighted by atomic mass is 9.95. The molecule has 4 nitrogen and oxygen atoms in total. The van der Waals surface area contributed by atoms with E-state index >= 15 is 0 Å². The molecule has 2 atom stereocenters. The van der Waals surface area contributed by atoms with Crippen molar-refractivity contribution in [3.63, 3.8) is 0 Å². The molecule has 0 bridgehead atoms. The number of hydrogen-bond donors (Lipinski definition) is 1. The minimum Gasteiger partial charge on any atom is -0.497 e. The Labute approximate surface area is 125 Å². The second kappa shape index (κ2) is 6.35. The van der Waals surface area contributed by atoms with E-state index in [1.165, 1.54) is 6.42 Å². The smallest absolute Gasteiger partial charge is 0.322 e. The molecular weight excluding hydrogens is 276 g/mol. The van der Waals surface area contributed by atoms with Crippen LogP contribution in [0.1, 0.15) is 26.7 Å². The lowest BCUT2D eigenvalue weighted by Gasteiger charge is -2.36. The molecule has 5 heteroatoms. The number of carbonyl (C=O) groups excluding carboxylic acids is 1. The first-order valence-corrected chi connectivity index (χ1v) is 7.30. The maximum absolute atomic E-state index is 12.4. The summed E-state index contributed by atoms with van der Waals surface area (Å²) in [7, 11) is 1.58. The van der Waals surface area contributed by atoms with Crippen molar-refractivity contribution in [3.8, 4) is 5.75 Å². The second-order valence-electron chi connectivity index (χ2n) is 5.46. The normalized spacial score (nSPS) is 22.5. The van der Waals surface area contributed by atoms with Crippen LogP contribution in [0.3, 0.4) is 0 Å². The van der Waals surface area contributed by atoms with Crippen LogP contribution in [0.15, 0.2) is 18.2 Å². The molecule has 0 radical (unpaired) electrons. The third-order valence-electron chi connectivity index (χ3n) is 3.80. The Morgan fingerprint density at radius 1 is 1.40 bits per heavy atom. The van der Waals surface area contributed by atoms with Crippen LogP contribution >= 0.6 is 11.6 Å². The number of piperidine rings is 1. The molecule has 1 aliphatic rings. The number of benzene rings is 1. The third kappa shape index (κ3) is 3.37. The monoisotopic (exact) mass is 296 g/mol. The topological polar surface area (TPSA) is 41.6 Å². The quantitative estimate of drug-likeness (QED) is 0.896. The lowest BCUT2D eigenvalue weighted by molar-refractivity contribution is 0.147. The fourth-order valence-corrected chi connectivity index (χ4v) is 2.70. The van der Waals surface area contributed by atoms with Gasteiger partial charge in [0.2, 0.25) is 0 Å². The Kier molecular flexibility index (Phi) is 4.76. The van der Waals surface area contributed by atoms with E-state index in [4.69, 9.17) is 16.3 Å². The fourth-order valence-electron chi connectivity index (χ4n) is 2.48. The van der Waals surface area contributed by atoms with E-state index in [-0.39, 0.29) is 12.1 Å². The van der Waals surface area contributed by atoms with Crippen molar-refractivity contribution >= 4 is 23.3 Å². The number of carbonyl (C=O) groups is 1. The zero-order valence-electron chi connectivity index (χ0n) is 12.1. The number of halogens is 1. The van der Waals surface area contributed by atoms with E-state index in [2.05, 4.69) is 19.2 Å². The zero-order valence-corrected chi connectivity index (χ0v) is 12.9. The van der Waals surface area contributed by atoms with Crippen LogP contribution in [0.4, 0.5) is 10.5 Å². The first kappa shape index (κ1) is 15.0. The summed E-state index contributed by atoms with van der Waals surface area (Å²) in [5.74, 6) is 1.22. The Bertz CT molecular complexity index is 493. The maximum Gasteiger partial charge on any atom is 0.322 e. The number of nitrogens with one attached hydrogen (secondary N) is 1.